The molecule has 1 heterocycles. The van der Waals surface area contributed by atoms with Crippen molar-refractivity contribution in [3.05, 3.63) is 66.0 Å². The van der Waals surface area contributed by atoms with Crippen molar-refractivity contribution in [3.8, 4) is 11.6 Å². The van der Waals surface area contributed by atoms with E-state index < -0.39 is 29.8 Å². The van der Waals surface area contributed by atoms with Crippen LogP contribution in [0.4, 0.5) is 35.2 Å². The van der Waals surface area contributed by atoms with E-state index >= 15 is 0 Å². The molecule has 0 aliphatic carbocycles. The van der Waals surface area contributed by atoms with Crippen LogP contribution in [0.3, 0.4) is 0 Å². The zero-order valence-electron chi connectivity index (χ0n) is 21.9. The lowest BCUT2D eigenvalue weighted by atomic mass is 10.1. The number of aliphatic hydroxyl groups excluding tert-OH is 1. The standard InChI is InChI=1S/C26H31F3N6O4/c1-16-5-6-18(13-20(16)26(27,28)29)35-23(36)34-17-7-9-19(10-8-17)38-22-14-21(32-15-33-22)30-11-12-31-24(37)39-25(2,3)4/h5-10,13-15,23,34-36H,11-12H2,1-4H3,(H,31,37)(H,30,32,33). The number of alkyl carbamates (subject to hydrolysis) is 1. The molecule has 0 aliphatic heterocycles. The van der Waals surface area contributed by atoms with E-state index in [-0.39, 0.29) is 17.1 Å². The van der Waals surface area contributed by atoms with Gasteiger partial charge in [0.05, 0.1) is 5.56 Å². The summed E-state index contributed by atoms with van der Waals surface area (Å²) < 4.78 is 50.3. The summed E-state index contributed by atoms with van der Waals surface area (Å²) in [5.41, 5.74) is -0.656. The van der Waals surface area contributed by atoms with E-state index in [4.69, 9.17) is 9.47 Å². The molecule has 0 saturated heterocycles. The van der Waals surface area contributed by atoms with Crippen molar-refractivity contribution in [2.75, 3.05) is 29.0 Å². The third-order valence-electron chi connectivity index (χ3n) is 4.97. The summed E-state index contributed by atoms with van der Waals surface area (Å²) in [5.74, 6) is 1.21. The minimum atomic E-state index is -4.49. The Morgan fingerprint density at radius 2 is 1.64 bits per heavy atom. The van der Waals surface area contributed by atoms with Gasteiger partial charge in [-0.15, -0.1) is 0 Å². The van der Waals surface area contributed by atoms with Crippen LogP contribution in [0.1, 0.15) is 31.9 Å². The summed E-state index contributed by atoms with van der Waals surface area (Å²) in [6, 6.07) is 11.8. The van der Waals surface area contributed by atoms with Crippen molar-refractivity contribution in [2.24, 2.45) is 0 Å². The number of nitrogens with zero attached hydrogens (tertiary/aromatic N) is 2. The Bertz CT molecular complexity index is 1250. The van der Waals surface area contributed by atoms with Gasteiger partial charge in [-0.3, -0.25) is 0 Å². The summed E-state index contributed by atoms with van der Waals surface area (Å²) in [6.07, 6.45) is -5.02. The van der Waals surface area contributed by atoms with Crippen molar-refractivity contribution in [3.63, 3.8) is 0 Å². The first-order valence-electron chi connectivity index (χ1n) is 12.0. The first kappa shape index (κ1) is 29.3. The number of hydrogen-bond acceptors (Lipinski definition) is 9. The van der Waals surface area contributed by atoms with Crippen molar-refractivity contribution in [2.45, 2.75) is 45.8 Å². The summed E-state index contributed by atoms with van der Waals surface area (Å²) in [7, 11) is 0. The quantitative estimate of drug-likeness (QED) is 0.169. The lowest BCUT2D eigenvalue weighted by molar-refractivity contribution is -0.138. The number of hydrogen-bond donors (Lipinski definition) is 5. The highest BCUT2D eigenvalue weighted by Gasteiger charge is 2.32. The van der Waals surface area contributed by atoms with Gasteiger partial charge in [-0.2, -0.15) is 13.2 Å². The van der Waals surface area contributed by atoms with E-state index in [9.17, 15) is 23.1 Å². The molecule has 1 aromatic heterocycles. The average molecular weight is 549 g/mol. The van der Waals surface area contributed by atoms with Crippen LogP contribution in [0, 0.1) is 6.92 Å². The first-order valence-corrected chi connectivity index (χ1v) is 12.0. The predicted molar refractivity (Wildman–Crippen MR) is 141 cm³/mol. The number of carbonyl (C=O) groups excluding carboxylic acids is 1. The summed E-state index contributed by atoms with van der Waals surface area (Å²) in [5, 5.41) is 21.2. The topological polar surface area (TPSA) is 130 Å². The highest BCUT2D eigenvalue weighted by Crippen LogP contribution is 2.33. The van der Waals surface area contributed by atoms with Gasteiger partial charge < -0.3 is 35.8 Å². The molecular formula is C26H31F3N6O4. The number of benzene rings is 2. The Kier molecular flexibility index (Phi) is 9.41. The molecule has 210 valence electrons. The number of alkyl halides is 3. The summed E-state index contributed by atoms with van der Waals surface area (Å²) in [6.45, 7) is 7.43. The van der Waals surface area contributed by atoms with Crippen molar-refractivity contribution < 1.29 is 32.5 Å². The van der Waals surface area contributed by atoms with E-state index in [1.165, 1.54) is 25.4 Å². The van der Waals surface area contributed by atoms with Crippen LogP contribution in [0.5, 0.6) is 11.6 Å². The zero-order chi connectivity index (χ0) is 28.6. The van der Waals surface area contributed by atoms with Gasteiger partial charge in [-0.25, -0.2) is 14.8 Å². The Balaban J connectivity index is 1.49. The minimum absolute atomic E-state index is 0.0906. The molecule has 0 fully saturated rings. The number of amides is 1. The molecule has 1 amide bonds. The molecule has 3 aromatic rings. The van der Waals surface area contributed by atoms with Crippen LogP contribution >= 0.6 is 0 Å². The lowest BCUT2D eigenvalue weighted by Gasteiger charge is -2.19. The zero-order valence-corrected chi connectivity index (χ0v) is 21.9. The van der Waals surface area contributed by atoms with E-state index in [1.807, 2.05) is 0 Å². The maximum absolute atomic E-state index is 13.1. The molecule has 0 saturated carbocycles. The first-order chi connectivity index (χ1) is 18.3. The van der Waals surface area contributed by atoms with Crippen LogP contribution in [0.2, 0.25) is 0 Å². The SMILES string of the molecule is Cc1ccc(NC(O)Nc2ccc(Oc3cc(NCCNC(=O)OC(C)(C)C)ncn3)cc2)cc1C(F)(F)F. The van der Waals surface area contributed by atoms with Crippen LogP contribution in [0.25, 0.3) is 0 Å². The van der Waals surface area contributed by atoms with Gasteiger partial charge in [0.2, 0.25) is 12.2 Å². The average Bonchev–Trinajstić information content (AvgIpc) is 2.83. The Hall–Kier alpha value is -4.26. The monoisotopic (exact) mass is 548 g/mol. The van der Waals surface area contributed by atoms with Crippen LogP contribution in [-0.2, 0) is 10.9 Å². The molecule has 13 heteroatoms. The second-order valence-corrected chi connectivity index (χ2v) is 9.44. The molecule has 0 spiro atoms. The fourth-order valence-electron chi connectivity index (χ4n) is 3.27. The van der Waals surface area contributed by atoms with Crippen LogP contribution in [0.15, 0.2) is 54.9 Å². The number of ether oxygens (including phenoxy) is 2. The van der Waals surface area contributed by atoms with Gasteiger partial charge in [-0.1, -0.05) is 6.07 Å². The number of anilines is 3. The molecule has 0 bridgehead atoms. The number of aliphatic hydroxyl groups is 1. The number of halogens is 3. The molecule has 0 aliphatic rings. The molecule has 2 aromatic carbocycles. The summed E-state index contributed by atoms with van der Waals surface area (Å²) >= 11 is 0. The maximum atomic E-state index is 13.1. The van der Waals surface area contributed by atoms with E-state index in [0.29, 0.717) is 30.3 Å². The molecule has 3 rings (SSSR count). The smallest absolute Gasteiger partial charge is 0.416 e. The van der Waals surface area contributed by atoms with Crippen molar-refractivity contribution >= 4 is 23.3 Å². The number of carbonyl (C=O) groups is 1. The van der Waals surface area contributed by atoms with Gasteiger partial charge in [0.25, 0.3) is 0 Å². The molecule has 1 atom stereocenters. The number of rotatable bonds is 10. The number of aryl methyl sites for hydroxylation is 1. The Morgan fingerprint density at radius 1 is 0.974 bits per heavy atom. The van der Waals surface area contributed by atoms with Crippen molar-refractivity contribution in [1.82, 2.24) is 15.3 Å². The van der Waals surface area contributed by atoms with Crippen LogP contribution < -0.4 is 26.0 Å². The van der Waals surface area contributed by atoms with Crippen LogP contribution in [-0.4, -0.2) is 46.2 Å². The lowest BCUT2D eigenvalue weighted by Crippen LogP contribution is -2.35. The highest BCUT2D eigenvalue weighted by atomic mass is 19.4. The van der Waals surface area contributed by atoms with E-state index in [2.05, 4.69) is 31.2 Å². The second-order valence-electron chi connectivity index (χ2n) is 9.44. The Labute approximate surface area is 224 Å². The van der Waals surface area contributed by atoms with Gasteiger partial charge in [0, 0.05) is 30.5 Å². The largest absolute Gasteiger partial charge is 0.444 e. The predicted octanol–water partition coefficient (Wildman–Crippen LogP) is 5.33. The normalized spacial score (nSPS) is 12.3. The molecular weight excluding hydrogens is 517 g/mol. The number of nitrogens with one attached hydrogen (secondary N) is 4. The molecule has 5 N–H and O–H groups in total. The Morgan fingerprint density at radius 3 is 2.31 bits per heavy atom. The summed E-state index contributed by atoms with van der Waals surface area (Å²) in [4.78, 5) is 19.9. The highest BCUT2D eigenvalue weighted by molar-refractivity contribution is 5.67. The van der Waals surface area contributed by atoms with Gasteiger partial charge >= 0.3 is 12.3 Å². The van der Waals surface area contributed by atoms with E-state index in [1.54, 1.807) is 51.1 Å². The third kappa shape index (κ3) is 9.85. The van der Waals surface area contributed by atoms with Crippen molar-refractivity contribution in [1.29, 1.82) is 0 Å². The van der Waals surface area contributed by atoms with Gasteiger partial charge in [0.1, 0.15) is 23.5 Å². The number of aromatic nitrogens is 2. The maximum Gasteiger partial charge on any atom is 0.416 e. The molecule has 1 unspecified atom stereocenters. The fourth-order valence-corrected chi connectivity index (χ4v) is 3.27. The van der Waals surface area contributed by atoms with Gasteiger partial charge in [-0.05, 0) is 69.7 Å². The molecule has 10 nitrogen and oxygen atoms in total. The minimum Gasteiger partial charge on any atom is -0.444 e. The second kappa shape index (κ2) is 12.5. The molecule has 0 radical (unpaired) electrons. The third-order valence-corrected chi connectivity index (χ3v) is 4.97. The molecule has 39 heavy (non-hydrogen) atoms. The van der Waals surface area contributed by atoms with Gasteiger partial charge in [0.15, 0.2) is 0 Å². The van der Waals surface area contributed by atoms with E-state index in [0.717, 1.165) is 6.07 Å². The fraction of sp³-hybridized carbons (Fsp3) is 0.346.